The van der Waals surface area contributed by atoms with Gasteiger partial charge < -0.3 is 14.7 Å². The van der Waals surface area contributed by atoms with Crippen LogP contribution in [0.2, 0.25) is 0 Å². The molecule has 0 aliphatic carbocycles. The van der Waals surface area contributed by atoms with E-state index in [4.69, 9.17) is 39.3 Å². The molecule has 0 fully saturated rings. The quantitative estimate of drug-likeness (QED) is 0.414. The summed E-state index contributed by atoms with van der Waals surface area (Å²) in [5.74, 6) is 0. The molecule has 0 aromatic rings. The van der Waals surface area contributed by atoms with Crippen LogP contribution < -0.4 is 0 Å². The Balaban J connectivity index is 0. The summed E-state index contributed by atoms with van der Waals surface area (Å²) in [6.07, 6.45) is 0. The molecule has 8 heavy (non-hydrogen) atoms. The Morgan fingerprint density at radius 1 is 1.25 bits per heavy atom. The number of hydrogen-bond acceptors (Lipinski definition) is 1. The van der Waals surface area contributed by atoms with Crippen molar-refractivity contribution < 1.29 is 19.2 Å². The summed E-state index contributed by atoms with van der Waals surface area (Å²) in [7, 11) is 5.14. The van der Waals surface area contributed by atoms with Gasteiger partial charge in [0.15, 0.2) is 0 Å². The van der Waals surface area contributed by atoms with Gasteiger partial charge >= 0.3 is 41.4 Å². The van der Waals surface area contributed by atoms with E-state index in [-0.39, 0.29) is 0 Å². The minimum absolute atomic E-state index is 0.556. The van der Waals surface area contributed by atoms with E-state index in [0.29, 0.717) is 0 Å². The average molecular weight is 242 g/mol. The van der Waals surface area contributed by atoms with Crippen LogP contribution in [-0.2, 0) is 4.57 Å². The van der Waals surface area contributed by atoms with Gasteiger partial charge in [0.25, 0.3) is 0 Å². The Bertz CT molecular complexity index is 69.8. The van der Waals surface area contributed by atoms with Crippen molar-refractivity contribution in [3.63, 3.8) is 0 Å². The Kier molecular flexibility index (Phi) is 9.50. The first-order valence-corrected chi connectivity index (χ1v) is 8.24. The zero-order chi connectivity index (χ0) is 7.21. The van der Waals surface area contributed by atoms with E-state index in [2.05, 4.69) is 0 Å². The molecule has 0 unspecified atom stereocenters. The molecule has 0 atom stereocenters. The standard InChI is InChI=1S/Cl2Ge.H3O4P/c1-3-2;1-5(2,3)4/h;(H3,1,2,3,4). The van der Waals surface area contributed by atoms with Crippen LogP contribution in [0.3, 0.4) is 0 Å². The van der Waals surface area contributed by atoms with Crippen molar-refractivity contribution in [1.82, 2.24) is 0 Å². The maximum atomic E-state index is 8.88. The van der Waals surface area contributed by atoms with Gasteiger partial charge in [0.1, 0.15) is 0 Å². The monoisotopic (exact) mass is 242 g/mol. The van der Waals surface area contributed by atoms with Gasteiger partial charge in [-0.05, 0) is 0 Å². The molecule has 2 radical (unpaired) electrons. The van der Waals surface area contributed by atoms with E-state index in [1.54, 1.807) is 0 Å². The average Bonchev–Trinajstić information content (AvgIpc) is 1.27. The zero-order valence-electron chi connectivity index (χ0n) is 3.45. The van der Waals surface area contributed by atoms with Crippen LogP contribution in [0.25, 0.3) is 0 Å². The minimum atomic E-state index is -4.64. The predicted molar refractivity (Wildman–Crippen MR) is 31.7 cm³/mol. The van der Waals surface area contributed by atoms with Crippen molar-refractivity contribution >= 4 is 41.4 Å². The van der Waals surface area contributed by atoms with Crippen molar-refractivity contribution in [2.45, 2.75) is 0 Å². The molecule has 0 amide bonds. The van der Waals surface area contributed by atoms with E-state index in [9.17, 15) is 0 Å². The molecule has 0 spiro atoms. The van der Waals surface area contributed by atoms with Crippen molar-refractivity contribution in [2.24, 2.45) is 0 Å². The molecule has 0 saturated heterocycles. The Morgan fingerprint density at radius 3 is 1.25 bits per heavy atom. The molecule has 3 N–H and O–H groups in total. The first kappa shape index (κ1) is 12.0. The first-order chi connectivity index (χ1) is 3.41. The topological polar surface area (TPSA) is 77.8 Å². The second-order valence-corrected chi connectivity index (χ2v) is 4.88. The van der Waals surface area contributed by atoms with E-state index < -0.39 is 21.4 Å². The molecule has 0 bridgehead atoms. The van der Waals surface area contributed by atoms with Crippen molar-refractivity contribution in [3.8, 4) is 0 Å². The van der Waals surface area contributed by atoms with Crippen LogP contribution in [0.5, 0.6) is 0 Å². The van der Waals surface area contributed by atoms with E-state index in [0.717, 1.165) is 0 Å². The second kappa shape index (κ2) is 6.35. The summed E-state index contributed by atoms with van der Waals surface area (Å²) in [6.45, 7) is 0. The zero-order valence-corrected chi connectivity index (χ0v) is 7.96. The van der Waals surface area contributed by atoms with E-state index >= 15 is 0 Å². The SMILES string of the molecule is O=P(O)(O)O.[Cl][Ge][Cl]. The van der Waals surface area contributed by atoms with Crippen molar-refractivity contribution in [3.05, 3.63) is 0 Å². The summed E-state index contributed by atoms with van der Waals surface area (Å²) >= 11 is -0.556. The molecular formula is H3Cl2GeO4P. The summed E-state index contributed by atoms with van der Waals surface area (Å²) < 4.78 is 8.88. The number of rotatable bonds is 0. The van der Waals surface area contributed by atoms with Gasteiger partial charge in [-0.2, -0.15) is 0 Å². The number of phosphoric acid groups is 1. The summed E-state index contributed by atoms with van der Waals surface area (Å²) in [5.41, 5.74) is 0. The van der Waals surface area contributed by atoms with Crippen LogP contribution in [0, 0.1) is 0 Å². The van der Waals surface area contributed by atoms with E-state index in [1.807, 2.05) is 0 Å². The molecule has 0 aromatic heterocycles. The van der Waals surface area contributed by atoms with Crippen LogP contribution in [-0.4, -0.2) is 28.3 Å². The summed E-state index contributed by atoms with van der Waals surface area (Å²) in [4.78, 5) is 21.6. The van der Waals surface area contributed by atoms with Gasteiger partial charge in [-0.15, -0.1) is 0 Å². The molecule has 8 heteroatoms. The Morgan fingerprint density at radius 2 is 1.25 bits per heavy atom. The van der Waals surface area contributed by atoms with Crippen molar-refractivity contribution in [2.75, 3.05) is 0 Å². The van der Waals surface area contributed by atoms with Gasteiger partial charge in [-0.25, -0.2) is 4.57 Å². The molecule has 0 heterocycles. The number of halogens is 2. The third kappa shape index (κ3) is 185. The van der Waals surface area contributed by atoms with Gasteiger partial charge in [0.05, 0.1) is 0 Å². The van der Waals surface area contributed by atoms with E-state index in [1.165, 1.54) is 0 Å². The van der Waals surface area contributed by atoms with Gasteiger partial charge in [-0.3, -0.25) is 0 Å². The second-order valence-electron chi connectivity index (χ2n) is 0.585. The van der Waals surface area contributed by atoms with Crippen molar-refractivity contribution in [1.29, 1.82) is 0 Å². The van der Waals surface area contributed by atoms with Crippen LogP contribution in [0.4, 0.5) is 0 Å². The molecular weight excluding hydrogens is 238 g/mol. The fourth-order valence-corrected chi connectivity index (χ4v) is 0. The molecule has 0 aromatic carbocycles. The fourth-order valence-electron chi connectivity index (χ4n) is 0. The normalized spacial score (nSPS) is 9.62. The molecule has 50 valence electrons. The van der Waals surface area contributed by atoms with Crippen LogP contribution >= 0.6 is 27.8 Å². The molecule has 4 nitrogen and oxygen atoms in total. The first-order valence-electron chi connectivity index (χ1n) is 1.16. The Labute approximate surface area is 60.9 Å². The third-order valence-corrected chi connectivity index (χ3v) is 0. The molecule has 0 aliphatic heterocycles. The van der Waals surface area contributed by atoms with Gasteiger partial charge in [0, 0.05) is 0 Å². The van der Waals surface area contributed by atoms with Gasteiger partial charge in [0.2, 0.25) is 0 Å². The Hall–Kier alpha value is 1.23. The number of hydrogen-bond donors (Lipinski definition) is 3. The third-order valence-electron chi connectivity index (χ3n) is 0. The fraction of sp³-hybridized carbons (Fsp3) is 0. The molecule has 0 rings (SSSR count). The van der Waals surface area contributed by atoms with Gasteiger partial charge in [-0.1, -0.05) is 0 Å². The molecule has 0 saturated carbocycles. The predicted octanol–water partition coefficient (Wildman–Crippen LogP) is 0.0696. The van der Waals surface area contributed by atoms with Crippen LogP contribution in [0.1, 0.15) is 0 Å². The summed E-state index contributed by atoms with van der Waals surface area (Å²) in [5, 5.41) is 0. The summed E-state index contributed by atoms with van der Waals surface area (Å²) in [6, 6.07) is 0. The molecule has 0 aliphatic rings. The maximum absolute atomic E-state index is 8.88. The van der Waals surface area contributed by atoms with Crippen LogP contribution in [0.15, 0.2) is 0 Å².